The fourth-order valence-electron chi connectivity index (χ4n) is 0.742. The van der Waals surface area contributed by atoms with Crippen molar-refractivity contribution in [3.63, 3.8) is 0 Å². The standard InChI is InChI=1S/C5H7N5OS/c1-2-8-4(6)3(10-12-11)5(7)9-2/h1H3,(H4,6,7,8,9). The monoisotopic (exact) mass is 185 g/mol. The highest BCUT2D eigenvalue weighted by Crippen LogP contribution is 2.24. The van der Waals surface area contributed by atoms with Crippen LogP contribution in [-0.2, 0) is 11.5 Å². The Balaban J connectivity index is 3.37. The molecule has 64 valence electrons. The summed E-state index contributed by atoms with van der Waals surface area (Å²) < 4.78 is 13.5. The van der Waals surface area contributed by atoms with Gasteiger partial charge in [0.1, 0.15) is 5.82 Å². The number of hydrogen-bond acceptors (Lipinski definition) is 6. The van der Waals surface area contributed by atoms with Gasteiger partial charge in [0.05, 0.1) is 0 Å². The Labute approximate surface area is 72.3 Å². The lowest BCUT2D eigenvalue weighted by Crippen LogP contribution is -2.00. The van der Waals surface area contributed by atoms with Gasteiger partial charge in [-0.05, 0) is 6.92 Å². The van der Waals surface area contributed by atoms with Crippen LogP contribution in [0, 0.1) is 6.92 Å². The SMILES string of the molecule is Cc1nc(N)c(N=S=O)c(N)n1. The quantitative estimate of drug-likeness (QED) is 0.639. The molecule has 1 rings (SSSR count). The van der Waals surface area contributed by atoms with Crippen LogP contribution in [0.5, 0.6) is 0 Å². The van der Waals surface area contributed by atoms with Crippen molar-refractivity contribution in [3.05, 3.63) is 5.82 Å². The van der Waals surface area contributed by atoms with E-state index in [2.05, 4.69) is 14.3 Å². The zero-order valence-corrected chi connectivity index (χ0v) is 7.13. The van der Waals surface area contributed by atoms with Crippen molar-refractivity contribution >= 4 is 28.8 Å². The first-order chi connectivity index (χ1) is 5.65. The van der Waals surface area contributed by atoms with Gasteiger partial charge in [-0.25, -0.2) is 9.97 Å². The zero-order chi connectivity index (χ0) is 9.14. The van der Waals surface area contributed by atoms with Crippen LogP contribution in [-0.4, -0.2) is 14.2 Å². The Kier molecular flexibility index (Phi) is 2.34. The van der Waals surface area contributed by atoms with Gasteiger partial charge in [0.25, 0.3) is 0 Å². The number of hydrogen-bond donors (Lipinski definition) is 2. The summed E-state index contributed by atoms with van der Waals surface area (Å²) in [6.07, 6.45) is 0. The molecule has 4 N–H and O–H groups in total. The summed E-state index contributed by atoms with van der Waals surface area (Å²) in [6.45, 7) is 1.65. The maximum absolute atomic E-state index is 10.1. The van der Waals surface area contributed by atoms with Crippen molar-refractivity contribution in [2.45, 2.75) is 6.92 Å². The van der Waals surface area contributed by atoms with Gasteiger partial charge in [-0.1, -0.05) is 0 Å². The van der Waals surface area contributed by atoms with Crippen molar-refractivity contribution < 1.29 is 4.21 Å². The molecule has 1 aromatic rings. The highest BCUT2D eigenvalue weighted by Gasteiger charge is 2.06. The third-order valence-corrected chi connectivity index (χ3v) is 1.44. The molecule has 0 spiro atoms. The average Bonchev–Trinajstić information content (AvgIpc) is 1.96. The van der Waals surface area contributed by atoms with Crippen LogP contribution >= 0.6 is 0 Å². The number of nitrogen functional groups attached to an aromatic ring is 2. The van der Waals surface area contributed by atoms with Crippen molar-refractivity contribution in [1.29, 1.82) is 0 Å². The molecule has 0 aliphatic heterocycles. The molecule has 0 amide bonds. The number of aryl methyl sites for hydroxylation is 1. The lowest BCUT2D eigenvalue weighted by atomic mass is 10.4. The van der Waals surface area contributed by atoms with Gasteiger partial charge in [0, 0.05) is 0 Å². The maximum Gasteiger partial charge on any atom is 0.205 e. The zero-order valence-electron chi connectivity index (χ0n) is 6.31. The second-order valence-corrected chi connectivity index (χ2v) is 2.39. The van der Waals surface area contributed by atoms with Crippen LogP contribution in [0.4, 0.5) is 17.3 Å². The topological polar surface area (TPSA) is 107 Å². The van der Waals surface area contributed by atoms with Gasteiger partial charge in [-0.3, -0.25) is 0 Å². The third-order valence-electron chi connectivity index (χ3n) is 1.18. The third kappa shape index (κ3) is 1.56. The minimum absolute atomic E-state index is 0.0239. The molecule has 7 heteroatoms. The van der Waals surface area contributed by atoms with E-state index < -0.39 is 0 Å². The summed E-state index contributed by atoms with van der Waals surface area (Å²) >= 11 is 0.0239. The molecule has 0 bridgehead atoms. The number of anilines is 2. The first kappa shape index (κ1) is 8.60. The molecule has 1 heterocycles. The summed E-state index contributed by atoms with van der Waals surface area (Å²) in [5, 5.41) is 0. The minimum Gasteiger partial charge on any atom is -0.382 e. The molecule has 0 atom stereocenters. The Morgan fingerprint density at radius 1 is 1.33 bits per heavy atom. The van der Waals surface area contributed by atoms with Crippen LogP contribution in [0.2, 0.25) is 0 Å². The first-order valence-electron chi connectivity index (χ1n) is 3.04. The van der Waals surface area contributed by atoms with Crippen LogP contribution in [0.25, 0.3) is 0 Å². The molecule has 1 aromatic heterocycles. The van der Waals surface area contributed by atoms with Gasteiger partial charge in [0.2, 0.25) is 11.5 Å². The molecule has 12 heavy (non-hydrogen) atoms. The Hall–Kier alpha value is -1.50. The van der Waals surface area contributed by atoms with Crippen molar-refractivity contribution in [2.75, 3.05) is 11.5 Å². The first-order valence-corrected chi connectivity index (χ1v) is 3.74. The molecule has 0 saturated carbocycles. The summed E-state index contributed by atoms with van der Waals surface area (Å²) in [7, 11) is 0. The number of nitrogens with zero attached hydrogens (tertiary/aromatic N) is 3. The molecule has 0 radical (unpaired) electrons. The number of aromatic nitrogens is 2. The largest absolute Gasteiger partial charge is 0.382 e. The normalized spacial score (nSPS) is 9.42. The summed E-state index contributed by atoms with van der Waals surface area (Å²) in [4.78, 5) is 7.59. The van der Waals surface area contributed by atoms with Crippen molar-refractivity contribution in [2.24, 2.45) is 4.36 Å². The summed E-state index contributed by atoms with van der Waals surface area (Å²) in [5.74, 6) is 0.714. The molecule has 0 fully saturated rings. The van der Waals surface area contributed by atoms with E-state index in [-0.39, 0.29) is 28.8 Å². The van der Waals surface area contributed by atoms with E-state index in [0.717, 1.165) is 0 Å². The maximum atomic E-state index is 10.1. The molecular weight excluding hydrogens is 178 g/mol. The molecule has 0 aromatic carbocycles. The van der Waals surface area contributed by atoms with Crippen molar-refractivity contribution in [1.82, 2.24) is 9.97 Å². The van der Waals surface area contributed by atoms with E-state index in [0.29, 0.717) is 5.82 Å². The van der Waals surface area contributed by atoms with Gasteiger partial charge < -0.3 is 11.5 Å². The minimum atomic E-state index is 0.0239. The number of nitrogens with two attached hydrogens (primary N) is 2. The Bertz CT molecular complexity index is 336. The smallest absolute Gasteiger partial charge is 0.205 e. The van der Waals surface area contributed by atoms with E-state index in [4.69, 9.17) is 11.5 Å². The number of rotatable bonds is 1. The van der Waals surface area contributed by atoms with Crippen LogP contribution < -0.4 is 11.5 Å². The van der Waals surface area contributed by atoms with Gasteiger partial charge in [0.15, 0.2) is 17.3 Å². The molecule has 0 aliphatic carbocycles. The Morgan fingerprint density at radius 2 is 1.83 bits per heavy atom. The molecule has 0 unspecified atom stereocenters. The van der Waals surface area contributed by atoms with Crippen LogP contribution in [0.15, 0.2) is 4.36 Å². The molecule has 0 aliphatic rings. The lowest BCUT2D eigenvalue weighted by molar-refractivity contribution is 0.698. The van der Waals surface area contributed by atoms with E-state index in [1.165, 1.54) is 0 Å². The highest BCUT2D eigenvalue weighted by atomic mass is 32.1. The van der Waals surface area contributed by atoms with E-state index >= 15 is 0 Å². The predicted molar refractivity (Wildman–Crippen MR) is 45.8 cm³/mol. The van der Waals surface area contributed by atoms with Crippen molar-refractivity contribution in [3.8, 4) is 0 Å². The van der Waals surface area contributed by atoms with E-state index in [9.17, 15) is 4.21 Å². The van der Waals surface area contributed by atoms with Gasteiger partial charge in [-0.15, -0.1) is 4.36 Å². The predicted octanol–water partition coefficient (Wildman–Crippen LogP) is -0.0225. The fraction of sp³-hybridized carbons (Fsp3) is 0.200. The second-order valence-electron chi connectivity index (χ2n) is 2.06. The second kappa shape index (κ2) is 3.26. The summed E-state index contributed by atoms with van der Waals surface area (Å²) in [6, 6.07) is 0. The average molecular weight is 185 g/mol. The lowest BCUT2D eigenvalue weighted by Gasteiger charge is -2.00. The molecular formula is C5H7N5OS. The molecule has 6 nitrogen and oxygen atoms in total. The summed E-state index contributed by atoms with van der Waals surface area (Å²) in [5.41, 5.74) is 11.0. The van der Waals surface area contributed by atoms with E-state index in [1.54, 1.807) is 6.92 Å². The van der Waals surface area contributed by atoms with Crippen LogP contribution in [0.3, 0.4) is 0 Å². The van der Waals surface area contributed by atoms with Crippen LogP contribution in [0.1, 0.15) is 5.82 Å². The van der Waals surface area contributed by atoms with E-state index in [1.807, 2.05) is 0 Å². The Morgan fingerprint density at radius 3 is 2.25 bits per heavy atom. The fourth-order valence-corrected chi connectivity index (χ4v) is 1.00. The van der Waals surface area contributed by atoms with Gasteiger partial charge in [-0.2, -0.15) is 4.21 Å². The molecule has 0 saturated heterocycles. The van der Waals surface area contributed by atoms with Gasteiger partial charge >= 0.3 is 0 Å². The highest BCUT2D eigenvalue weighted by molar-refractivity contribution is 7.54.